The van der Waals surface area contributed by atoms with E-state index in [9.17, 15) is 13.6 Å². The molecule has 0 aliphatic carbocycles. The van der Waals surface area contributed by atoms with Gasteiger partial charge in [0.2, 0.25) is 0 Å². The van der Waals surface area contributed by atoms with Gasteiger partial charge in [0, 0.05) is 5.02 Å². The third-order valence-electron chi connectivity index (χ3n) is 2.17. The van der Waals surface area contributed by atoms with Crippen molar-refractivity contribution in [1.82, 2.24) is 5.32 Å². The number of halogens is 3. The first-order valence-corrected chi connectivity index (χ1v) is 5.26. The van der Waals surface area contributed by atoms with Crippen molar-refractivity contribution in [2.75, 3.05) is 0 Å². The SMILES string of the molecule is CCC(NC(=O)C(F)F)c1cccc(Cl)c1. The smallest absolute Gasteiger partial charge is 0.315 e. The quantitative estimate of drug-likeness (QED) is 0.870. The van der Waals surface area contributed by atoms with Crippen LogP contribution >= 0.6 is 11.6 Å². The topological polar surface area (TPSA) is 29.1 Å². The Balaban J connectivity index is 2.78. The summed E-state index contributed by atoms with van der Waals surface area (Å²) < 4.78 is 24.2. The molecule has 0 saturated carbocycles. The van der Waals surface area contributed by atoms with Gasteiger partial charge in [0.1, 0.15) is 0 Å². The van der Waals surface area contributed by atoms with Gasteiger partial charge >= 0.3 is 6.43 Å². The predicted molar refractivity (Wildman–Crippen MR) is 58.6 cm³/mol. The maximum absolute atomic E-state index is 12.1. The Hall–Kier alpha value is -1.16. The normalized spacial score (nSPS) is 12.6. The van der Waals surface area contributed by atoms with Crippen LogP contribution in [0.2, 0.25) is 5.02 Å². The fraction of sp³-hybridized carbons (Fsp3) is 0.364. The van der Waals surface area contributed by atoms with Crippen LogP contribution in [0.5, 0.6) is 0 Å². The Morgan fingerprint density at radius 2 is 2.19 bits per heavy atom. The Bertz CT molecular complexity index is 371. The molecular formula is C11H12ClF2NO. The largest absolute Gasteiger partial charge is 0.344 e. The number of rotatable bonds is 4. The summed E-state index contributed by atoms with van der Waals surface area (Å²) >= 11 is 5.78. The molecule has 1 amide bonds. The highest BCUT2D eigenvalue weighted by molar-refractivity contribution is 6.30. The first kappa shape index (κ1) is 12.9. The standard InChI is InChI=1S/C11H12ClF2NO/c1-2-9(15-11(16)10(13)14)7-4-3-5-8(12)6-7/h3-6,9-10H,2H2,1H3,(H,15,16). The van der Waals surface area contributed by atoms with Gasteiger partial charge in [-0.1, -0.05) is 30.7 Å². The zero-order valence-electron chi connectivity index (χ0n) is 8.71. The van der Waals surface area contributed by atoms with Crippen LogP contribution in [0.3, 0.4) is 0 Å². The van der Waals surface area contributed by atoms with Gasteiger partial charge in [-0.3, -0.25) is 4.79 Å². The van der Waals surface area contributed by atoms with Gasteiger partial charge in [-0.15, -0.1) is 0 Å². The second-order valence-electron chi connectivity index (χ2n) is 3.33. The molecule has 0 radical (unpaired) electrons. The van der Waals surface area contributed by atoms with Crippen LogP contribution in [0, 0.1) is 0 Å². The molecule has 1 unspecified atom stereocenters. The predicted octanol–water partition coefficient (Wildman–Crippen LogP) is 3.17. The molecule has 0 fully saturated rings. The number of hydrogen-bond acceptors (Lipinski definition) is 1. The average Bonchev–Trinajstić information content (AvgIpc) is 2.25. The summed E-state index contributed by atoms with van der Waals surface area (Å²) in [6, 6.07) is 6.37. The van der Waals surface area contributed by atoms with Crippen molar-refractivity contribution in [2.45, 2.75) is 25.8 Å². The van der Waals surface area contributed by atoms with Gasteiger partial charge in [-0.25, -0.2) is 0 Å². The van der Waals surface area contributed by atoms with Gasteiger partial charge in [0.15, 0.2) is 0 Å². The molecule has 0 spiro atoms. The summed E-state index contributed by atoms with van der Waals surface area (Å²) in [5.74, 6) is -1.26. The summed E-state index contributed by atoms with van der Waals surface area (Å²) in [5.41, 5.74) is 0.726. The first-order valence-electron chi connectivity index (χ1n) is 4.88. The highest BCUT2D eigenvalue weighted by Gasteiger charge is 2.19. The summed E-state index contributed by atoms with van der Waals surface area (Å²) in [4.78, 5) is 10.9. The van der Waals surface area contributed by atoms with E-state index in [-0.39, 0.29) is 0 Å². The molecule has 5 heteroatoms. The molecule has 88 valence electrons. The van der Waals surface area contributed by atoms with Gasteiger partial charge in [-0.05, 0) is 24.1 Å². The highest BCUT2D eigenvalue weighted by atomic mass is 35.5. The second kappa shape index (κ2) is 5.80. The molecule has 1 atom stereocenters. The molecule has 0 bridgehead atoms. The number of hydrogen-bond donors (Lipinski definition) is 1. The molecule has 1 aromatic rings. The van der Waals surface area contributed by atoms with Crippen molar-refractivity contribution in [3.63, 3.8) is 0 Å². The number of nitrogens with one attached hydrogen (secondary N) is 1. The van der Waals surface area contributed by atoms with Gasteiger partial charge in [-0.2, -0.15) is 8.78 Å². The van der Waals surface area contributed by atoms with E-state index in [1.165, 1.54) is 0 Å². The minimum atomic E-state index is -2.99. The Kier molecular flexibility index (Phi) is 4.68. The number of amides is 1. The molecule has 0 heterocycles. The Labute approximate surface area is 97.6 Å². The zero-order valence-corrected chi connectivity index (χ0v) is 9.47. The van der Waals surface area contributed by atoms with E-state index in [0.717, 1.165) is 5.56 Å². The summed E-state index contributed by atoms with van der Waals surface area (Å²) in [7, 11) is 0. The van der Waals surface area contributed by atoms with Crippen molar-refractivity contribution < 1.29 is 13.6 Å². The van der Waals surface area contributed by atoms with E-state index in [1.54, 1.807) is 31.2 Å². The first-order chi connectivity index (χ1) is 7.54. The van der Waals surface area contributed by atoms with E-state index in [1.807, 2.05) is 0 Å². The molecule has 1 rings (SSSR count). The van der Waals surface area contributed by atoms with Gasteiger partial charge < -0.3 is 5.32 Å². The van der Waals surface area contributed by atoms with Crippen LogP contribution in [0.4, 0.5) is 8.78 Å². The Morgan fingerprint density at radius 3 is 2.69 bits per heavy atom. The average molecular weight is 248 g/mol. The maximum atomic E-state index is 12.1. The lowest BCUT2D eigenvalue weighted by Gasteiger charge is -2.17. The molecule has 2 nitrogen and oxygen atoms in total. The third-order valence-corrected chi connectivity index (χ3v) is 2.41. The number of benzene rings is 1. The molecule has 0 aromatic heterocycles. The number of carbonyl (C=O) groups is 1. The Morgan fingerprint density at radius 1 is 1.50 bits per heavy atom. The van der Waals surface area contributed by atoms with E-state index in [2.05, 4.69) is 5.32 Å². The van der Waals surface area contributed by atoms with Crippen molar-refractivity contribution in [2.24, 2.45) is 0 Å². The number of alkyl halides is 2. The lowest BCUT2D eigenvalue weighted by molar-refractivity contribution is -0.132. The minimum Gasteiger partial charge on any atom is -0.344 e. The fourth-order valence-electron chi connectivity index (χ4n) is 1.38. The van der Waals surface area contributed by atoms with E-state index in [4.69, 9.17) is 11.6 Å². The van der Waals surface area contributed by atoms with Crippen molar-refractivity contribution in [1.29, 1.82) is 0 Å². The number of carbonyl (C=O) groups excluding carboxylic acids is 1. The fourth-order valence-corrected chi connectivity index (χ4v) is 1.58. The summed E-state index contributed by atoms with van der Waals surface area (Å²) in [5, 5.41) is 2.78. The molecule has 1 aromatic carbocycles. The van der Waals surface area contributed by atoms with Crippen molar-refractivity contribution >= 4 is 17.5 Å². The molecule has 16 heavy (non-hydrogen) atoms. The van der Waals surface area contributed by atoms with Gasteiger partial charge in [0.25, 0.3) is 5.91 Å². The van der Waals surface area contributed by atoms with Crippen LogP contribution in [0.15, 0.2) is 24.3 Å². The lowest BCUT2D eigenvalue weighted by Crippen LogP contribution is -2.32. The molecular weight excluding hydrogens is 236 g/mol. The monoisotopic (exact) mass is 247 g/mol. The molecule has 0 saturated heterocycles. The molecule has 0 aliphatic rings. The third kappa shape index (κ3) is 3.45. The second-order valence-corrected chi connectivity index (χ2v) is 3.76. The van der Waals surface area contributed by atoms with Crippen molar-refractivity contribution in [3.8, 4) is 0 Å². The lowest BCUT2D eigenvalue weighted by atomic mass is 10.0. The highest BCUT2D eigenvalue weighted by Crippen LogP contribution is 2.20. The van der Waals surface area contributed by atoms with Crippen LogP contribution in [0.25, 0.3) is 0 Å². The van der Waals surface area contributed by atoms with Crippen LogP contribution in [0.1, 0.15) is 24.9 Å². The summed E-state index contributed by atoms with van der Waals surface area (Å²) in [6.07, 6.45) is -2.47. The molecule has 0 aliphatic heterocycles. The van der Waals surface area contributed by atoms with E-state index >= 15 is 0 Å². The summed E-state index contributed by atoms with van der Waals surface area (Å²) in [6.45, 7) is 1.80. The minimum absolute atomic E-state index is 0.430. The van der Waals surface area contributed by atoms with Crippen LogP contribution in [-0.2, 0) is 4.79 Å². The van der Waals surface area contributed by atoms with E-state index in [0.29, 0.717) is 11.4 Å². The molecule has 1 N–H and O–H groups in total. The zero-order chi connectivity index (χ0) is 12.1. The van der Waals surface area contributed by atoms with Crippen LogP contribution < -0.4 is 5.32 Å². The van der Waals surface area contributed by atoms with Crippen molar-refractivity contribution in [3.05, 3.63) is 34.9 Å². The van der Waals surface area contributed by atoms with Gasteiger partial charge in [0.05, 0.1) is 6.04 Å². The van der Waals surface area contributed by atoms with Crippen LogP contribution in [-0.4, -0.2) is 12.3 Å². The maximum Gasteiger partial charge on any atom is 0.315 e. The van der Waals surface area contributed by atoms with E-state index < -0.39 is 18.4 Å².